The Balaban J connectivity index is 1.83. The molecule has 0 aliphatic carbocycles. The van der Waals surface area contributed by atoms with Crippen LogP contribution in [0.15, 0.2) is 18.7 Å². The van der Waals surface area contributed by atoms with Gasteiger partial charge in [-0.05, 0) is 13.3 Å². The first-order chi connectivity index (χ1) is 9.34. The fourth-order valence-electron chi connectivity index (χ4n) is 2.61. The second-order valence-corrected chi connectivity index (χ2v) is 5.83. The van der Waals surface area contributed by atoms with Crippen molar-refractivity contribution in [3.8, 4) is 0 Å². The maximum Gasteiger partial charge on any atom is 0.0948 e. The Morgan fingerprint density at radius 2 is 1.47 bits per heavy atom. The zero-order valence-electron chi connectivity index (χ0n) is 13.0. The molecule has 0 saturated heterocycles. The number of nitrogens with zero attached hydrogens (tertiary/aromatic N) is 2. The molecule has 0 aromatic carbocycles. The largest absolute Gasteiger partial charge is 0.335 e. The van der Waals surface area contributed by atoms with Crippen molar-refractivity contribution in [3.05, 3.63) is 18.7 Å². The van der Waals surface area contributed by atoms with E-state index in [-0.39, 0.29) is 0 Å². The highest BCUT2D eigenvalue weighted by Gasteiger charge is 2.02. The first-order valence-electron chi connectivity index (χ1n) is 8.32. The van der Waals surface area contributed by atoms with Gasteiger partial charge in [0.2, 0.25) is 0 Å². The third kappa shape index (κ3) is 8.07. The zero-order chi connectivity index (χ0) is 13.8. The van der Waals surface area contributed by atoms with Crippen molar-refractivity contribution in [2.45, 2.75) is 90.5 Å². The lowest BCUT2D eigenvalue weighted by molar-refractivity contribution is 0.465. The van der Waals surface area contributed by atoms with Crippen LogP contribution in [0.3, 0.4) is 0 Å². The van der Waals surface area contributed by atoms with Crippen molar-refractivity contribution in [2.24, 2.45) is 0 Å². The predicted octanol–water partition coefficient (Wildman–Crippen LogP) is 5.76. The molecule has 0 fully saturated rings. The number of rotatable bonds is 12. The van der Waals surface area contributed by atoms with Crippen LogP contribution in [0.2, 0.25) is 0 Å². The molecule has 0 aliphatic heterocycles. The molecule has 1 heterocycles. The van der Waals surface area contributed by atoms with Crippen LogP contribution in [-0.2, 0) is 0 Å². The van der Waals surface area contributed by atoms with Gasteiger partial charge in [-0.15, -0.1) is 0 Å². The number of hydrogen-bond donors (Lipinski definition) is 0. The minimum absolute atomic E-state index is 0.608. The molecule has 0 bridgehead atoms. The fourth-order valence-corrected chi connectivity index (χ4v) is 2.61. The summed E-state index contributed by atoms with van der Waals surface area (Å²) in [6, 6.07) is 0.608. The fraction of sp³-hybridized carbons (Fsp3) is 0.824. The highest BCUT2D eigenvalue weighted by Crippen LogP contribution is 2.16. The maximum atomic E-state index is 4.11. The van der Waals surface area contributed by atoms with Gasteiger partial charge in [-0.2, -0.15) is 0 Å². The molecule has 0 N–H and O–H groups in total. The lowest BCUT2D eigenvalue weighted by Gasteiger charge is -2.12. The summed E-state index contributed by atoms with van der Waals surface area (Å²) >= 11 is 0. The molecule has 2 nitrogen and oxygen atoms in total. The molecule has 1 aromatic heterocycles. The van der Waals surface area contributed by atoms with E-state index in [4.69, 9.17) is 0 Å². The third-order valence-electron chi connectivity index (χ3n) is 4.01. The molecular formula is C17H32N2. The van der Waals surface area contributed by atoms with Crippen LogP contribution >= 0.6 is 0 Å². The van der Waals surface area contributed by atoms with Gasteiger partial charge in [0.25, 0.3) is 0 Å². The molecule has 1 aromatic rings. The minimum Gasteiger partial charge on any atom is -0.335 e. The number of hydrogen-bond acceptors (Lipinski definition) is 1. The van der Waals surface area contributed by atoms with E-state index >= 15 is 0 Å². The van der Waals surface area contributed by atoms with Crippen LogP contribution in [0, 0.1) is 0 Å². The van der Waals surface area contributed by atoms with Crippen LogP contribution in [0.4, 0.5) is 0 Å². The van der Waals surface area contributed by atoms with Crippen LogP contribution in [0.5, 0.6) is 0 Å². The van der Waals surface area contributed by atoms with Crippen molar-refractivity contribution in [1.29, 1.82) is 0 Å². The minimum atomic E-state index is 0.608. The molecule has 0 spiro atoms. The molecule has 0 aliphatic rings. The molecule has 1 atom stereocenters. The Bertz CT molecular complexity index is 279. The highest BCUT2D eigenvalue weighted by atomic mass is 15.0. The normalized spacial score (nSPS) is 12.7. The van der Waals surface area contributed by atoms with Gasteiger partial charge >= 0.3 is 0 Å². The number of aromatic nitrogens is 2. The Morgan fingerprint density at radius 3 is 2.00 bits per heavy atom. The summed E-state index contributed by atoms with van der Waals surface area (Å²) in [4.78, 5) is 4.11. The Hall–Kier alpha value is -0.790. The third-order valence-corrected chi connectivity index (χ3v) is 4.01. The zero-order valence-corrected chi connectivity index (χ0v) is 13.0. The molecule has 0 saturated carbocycles. The lowest BCUT2D eigenvalue weighted by atomic mass is 10.0. The molecule has 1 unspecified atom stereocenters. The first-order valence-corrected chi connectivity index (χ1v) is 8.32. The van der Waals surface area contributed by atoms with Crippen molar-refractivity contribution < 1.29 is 0 Å². The maximum absolute atomic E-state index is 4.11. The first kappa shape index (κ1) is 16.3. The molecular weight excluding hydrogens is 232 g/mol. The van der Waals surface area contributed by atoms with Gasteiger partial charge in [0.1, 0.15) is 0 Å². The van der Waals surface area contributed by atoms with E-state index < -0.39 is 0 Å². The Kier molecular flexibility index (Phi) is 9.48. The van der Waals surface area contributed by atoms with Crippen molar-refractivity contribution >= 4 is 0 Å². The van der Waals surface area contributed by atoms with Gasteiger partial charge in [0, 0.05) is 18.4 Å². The molecule has 110 valence electrons. The van der Waals surface area contributed by atoms with E-state index in [0.717, 1.165) is 0 Å². The van der Waals surface area contributed by atoms with E-state index in [0.29, 0.717) is 6.04 Å². The second-order valence-electron chi connectivity index (χ2n) is 5.83. The van der Waals surface area contributed by atoms with Gasteiger partial charge in [0.15, 0.2) is 0 Å². The standard InChI is InChI=1S/C17H32N2/c1-3-4-5-6-7-8-9-10-11-12-13-17(2)19-15-14-18-16-19/h14-17H,3-13H2,1-2H3. The summed E-state index contributed by atoms with van der Waals surface area (Å²) < 4.78 is 2.22. The average molecular weight is 264 g/mol. The summed E-state index contributed by atoms with van der Waals surface area (Å²) in [5, 5.41) is 0. The van der Waals surface area contributed by atoms with Crippen LogP contribution in [0.1, 0.15) is 90.5 Å². The summed E-state index contributed by atoms with van der Waals surface area (Å²) in [5.74, 6) is 0. The average Bonchev–Trinajstić information content (AvgIpc) is 2.95. The SMILES string of the molecule is CCCCCCCCCCCCC(C)n1ccnc1. The van der Waals surface area contributed by atoms with Crippen LogP contribution in [0.25, 0.3) is 0 Å². The molecule has 0 amide bonds. The summed E-state index contributed by atoms with van der Waals surface area (Å²) in [5.41, 5.74) is 0. The van der Waals surface area contributed by atoms with Crippen molar-refractivity contribution in [2.75, 3.05) is 0 Å². The molecule has 2 heteroatoms. The quantitative estimate of drug-likeness (QED) is 0.439. The number of unbranched alkanes of at least 4 members (excludes halogenated alkanes) is 9. The van der Waals surface area contributed by atoms with Gasteiger partial charge in [-0.1, -0.05) is 71.1 Å². The van der Waals surface area contributed by atoms with Gasteiger partial charge in [0.05, 0.1) is 6.33 Å². The Morgan fingerprint density at radius 1 is 0.895 bits per heavy atom. The van der Waals surface area contributed by atoms with E-state index in [1.807, 2.05) is 12.5 Å². The molecule has 0 radical (unpaired) electrons. The van der Waals surface area contributed by atoms with Gasteiger partial charge in [-0.25, -0.2) is 4.98 Å². The van der Waals surface area contributed by atoms with E-state index in [1.165, 1.54) is 70.6 Å². The Labute approximate surface area is 119 Å². The second kappa shape index (κ2) is 11.1. The van der Waals surface area contributed by atoms with E-state index in [1.54, 1.807) is 0 Å². The highest BCUT2D eigenvalue weighted by molar-refractivity contribution is 4.78. The molecule has 1 rings (SSSR count). The lowest BCUT2D eigenvalue weighted by Crippen LogP contribution is -2.01. The van der Waals surface area contributed by atoms with Gasteiger partial charge in [-0.3, -0.25) is 0 Å². The predicted molar refractivity (Wildman–Crippen MR) is 83.4 cm³/mol. The van der Waals surface area contributed by atoms with Crippen LogP contribution in [-0.4, -0.2) is 9.55 Å². The van der Waals surface area contributed by atoms with Gasteiger partial charge < -0.3 is 4.57 Å². The van der Waals surface area contributed by atoms with E-state index in [9.17, 15) is 0 Å². The summed E-state index contributed by atoms with van der Waals surface area (Å²) in [7, 11) is 0. The summed E-state index contributed by atoms with van der Waals surface area (Å²) in [6.07, 6.45) is 21.3. The smallest absolute Gasteiger partial charge is 0.0948 e. The monoisotopic (exact) mass is 264 g/mol. The number of imidazole rings is 1. The van der Waals surface area contributed by atoms with Crippen LogP contribution < -0.4 is 0 Å². The topological polar surface area (TPSA) is 17.8 Å². The van der Waals surface area contributed by atoms with E-state index in [2.05, 4.69) is 29.6 Å². The molecule has 19 heavy (non-hydrogen) atoms. The van der Waals surface area contributed by atoms with Crippen molar-refractivity contribution in [3.63, 3.8) is 0 Å². The summed E-state index contributed by atoms with van der Waals surface area (Å²) in [6.45, 7) is 4.57. The van der Waals surface area contributed by atoms with Crippen molar-refractivity contribution in [1.82, 2.24) is 9.55 Å².